The van der Waals surface area contributed by atoms with Gasteiger partial charge in [0.05, 0.1) is 23.2 Å². The largest absolute Gasteiger partial charge is 0.462 e. The van der Waals surface area contributed by atoms with E-state index in [0.717, 1.165) is 42.8 Å². The predicted molar refractivity (Wildman–Crippen MR) is 139 cm³/mol. The monoisotopic (exact) mass is 482 g/mol. The molecule has 4 aliphatic carbocycles. The van der Waals surface area contributed by atoms with E-state index in [-0.39, 0.29) is 34.4 Å². The number of aliphatic hydroxyl groups excluding tert-OH is 1. The maximum absolute atomic E-state index is 11.6. The molecule has 4 unspecified atom stereocenters. The zero-order valence-electron chi connectivity index (χ0n) is 23.2. The Morgan fingerprint density at radius 2 is 1.66 bits per heavy atom. The fraction of sp³-hybridized carbons (Fsp3) is 0.767. The van der Waals surface area contributed by atoms with Crippen molar-refractivity contribution in [3.8, 4) is 0 Å². The van der Waals surface area contributed by atoms with Gasteiger partial charge in [-0.15, -0.1) is 0 Å². The van der Waals surface area contributed by atoms with Gasteiger partial charge in [0.25, 0.3) is 0 Å². The molecule has 1 aromatic rings. The Bertz CT molecular complexity index is 1010. The SMILES string of the molecule is CC(=O)OC1CCC2(C)C3=C(CCC2C1(C)C)[C@]1(C)C[C@@H](O)CC1CC3.Cc1cnc(C)c(C)n1. The second-order valence-electron chi connectivity index (χ2n) is 12.9. The minimum absolute atomic E-state index is 0.0180. The van der Waals surface area contributed by atoms with Gasteiger partial charge in [-0.25, -0.2) is 0 Å². The average Bonchev–Trinajstić information content (AvgIpc) is 3.07. The van der Waals surface area contributed by atoms with Crippen molar-refractivity contribution in [1.29, 1.82) is 0 Å². The maximum atomic E-state index is 11.6. The van der Waals surface area contributed by atoms with E-state index in [1.807, 2.05) is 20.8 Å². The van der Waals surface area contributed by atoms with Crippen LogP contribution in [0.3, 0.4) is 0 Å². The number of carbonyl (C=O) groups excluding carboxylic acids is 1. The number of allylic oxidation sites excluding steroid dienone is 2. The zero-order valence-corrected chi connectivity index (χ0v) is 23.2. The number of fused-ring (bicyclic) bond motifs is 4. The molecule has 5 rings (SSSR count). The highest BCUT2D eigenvalue weighted by Gasteiger charge is 2.59. The van der Waals surface area contributed by atoms with E-state index < -0.39 is 0 Å². The predicted octanol–water partition coefficient (Wildman–Crippen LogP) is 6.42. The van der Waals surface area contributed by atoms with Gasteiger partial charge in [-0.1, -0.05) is 38.8 Å². The van der Waals surface area contributed by atoms with Crippen molar-refractivity contribution in [2.24, 2.45) is 28.1 Å². The molecule has 5 nitrogen and oxygen atoms in total. The first-order chi connectivity index (χ1) is 16.3. The van der Waals surface area contributed by atoms with Gasteiger partial charge in [-0.05, 0) is 94.8 Å². The molecule has 0 spiro atoms. The van der Waals surface area contributed by atoms with Gasteiger partial charge in [0.2, 0.25) is 0 Å². The molecule has 0 saturated heterocycles. The molecule has 5 heteroatoms. The van der Waals surface area contributed by atoms with Crippen LogP contribution in [0, 0.1) is 48.9 Å². The lowest BCUT2D eigenvalue weighted by molar-refractivity contribution is -0.166. The molecule has 1 heterocycles. The summed E-state index contributed by atoms with van der Waals surface area (Å²) >= 11 is 0. The average molecular weight is 483 g/mol. The Morgan fingerprint density at radius 1 is 1.00 bits per heavy atom. The van der Waals surface area contributed by atoms with E-state index in [4.69, 9.17) is 4.74 Å². The third kappa shape index (κ3) is 4.58. The summed E-state index contributed by atoms with van der Waals surface area (Å²) in [7, 11) is 0. The quantitative estimate of drug-likeness (QED) is 0.369. The fourth-order valence-electron chi connectivity index (χ4n) is 8.45. The number of hydrogen-bond acceptors (Lipinski definition) is 5. The molecule has 2 fully saturated rings. The van der Waals surface area contributed by atoms with Crippen molar-refractivity contribution in [1.82, 2.24) is 9.97 Å². The molecule has 0 bridgehead atoms. The second-order valence-corrected chi connectivity index (χ2v) is 12.9. The minimum Gasteiger partial charge on any atom is -0.462 e. The van der Waals surface area contributed by atoms with E-state index in [9.17, 15) is 9.90 Å². The number of nitrogens with zero attached hydrogens (tertiary/aromatic N) is 2. The molecule has 2 saturated carbocycles. The number of aromatic nitrogens is 2. The van der Waals surface area contributed by atoms with Gasteiger partial charge in [-0.3, -0.25) is 14.8 Å². The first-order valence-electron chi connectivity index (χ1n) is 13.6. The maximum Gasteiger partial charge on any atom is 0.302 e. The van der Waals surface area contributed by atoms with Crippen LogP contribution in [0.15, 0.2) is 17.3 Å². The van der Waals surface area contributed by atoms with Crippen LogP contribution in [-0.2, 0) is 9.53 Å². The molecule has 4 aliphatic rings. The molecule has 6 atom stereocenters. The normalized spacial score (nSPS) is 37.4. The second kappa shape index (κ2) is 9.28. The van der Waals surface area contributed by atoms with Crippen LogP contribution in [0.2, 0.25) is 0 Å². The van der Waals surface area contributed by atoms with Crippen molar-refractivity contribution in [2.45, 2.75) is 119 Å². The third-order valence-electron chi connectivity index (χ3n) is 10.3. The van der Waals surface area contributed by atoms with Crippen LogP contribution in [0.4, 0.5) is 0 Å². The Morgan fingerprint density at radius 3 is 2.29 bits per heavy atom. The summed E-state index contributed by atoms with van der Waals surface area (Å²) in [6.07, 6.45) is 10.6. The first kappa shape index (κ1) is 26.3. The molecule has 194 valence electrons. The van der Waals surface area contributed by atoms with E-state index >= 15 is 0 Å². The van der Waals surface area contributed by atoms with Gasteiger partial charge in [0.1, 0.15) is 6.10 Å². The number of hydrogen-bond donors (Lipinski definition) is 1. The van der Waals surface area contributed by atoms with Crippen LogP contribution in [0.5, 0.6) is 0 Å². The fourth-order valence-corrected chi connectivity index (χ4v) is 8.45. The van der Waals surface area contributed by atoms with Crippen molar-refractivity contribution in [2.75, 3.05) is 0 Å². The Hall–Kier alpha value is -1.75. The van der Waals surface area contributed by atoms with Crippen molar-refractivity contribution in [3.05, 3.63) is 34.4 Å². The number of ether oxygens (including phenoxy) is 1. The van der Waals surface area contributed by atoms with Gasteiger partial charge in [0, 0.05) is 18.5 Å². The Balaban J connectivity index is 0.000000271. The molecule has 1 aromatic heterocycles. The van der Waals surface area contributed by atoms with Gasteiger partial charge in [-0.2, -0.15) is 0 Å². The van der Waals surface area contributed by atoms with Gasteiger partial charge >= 0.3 is 5.97 Å². The summed E-state index contributed by atoms with van der Waals surface area (Å²) in [5.41, 5.74) is 6.91. The first-order valence-corrected chi connectivity index (χ1v) is 13.6. The molecular weight excluding hydrogens is 436 g/mol. The molecule has 0 amide bonds. The van der Waals surface area contributed by atoms with E-state index in [1.54, 1.807) is 24.3 Å². The Labute approximate surface area is 212 Å². The van der Waals surface area contributed by atoms with Crippen LogP contribution in [-0.4, -0.2) is 33.3 Å². The summed E-state index contributed by atoms with van der Waals surface area (Å²) < 4.78 is 5.75. The molecular formula is C30H46N2O3. The number of rotatable bonds is 1. The van der Waals surface area contributed by atoms with Gasteiger partial charge < -0.3 is 9.84 Å². The third-order valence-corrected chi connectivity index (χ3v) is 10.3. The molecule has 1 N–H and O–H groups in total. The van der Waals surface area contributed by atoms with Crippen LogP contribution >= 0.6 is 0 Å². The summed E-state index contributed by atoms with van der Waals surface area (Å²) in [4.78, 5) is 19.9. The highest BCUT2D eigenvalue weighted by Crippen LogP contribution is 2.67. The molecule has 0 aromatic carbocycles. The lowest BCUT2D eigenvalue weighted by atomic mass is 9.45. The number of aliphatic hydroxyl groups is 1. The number of carbonyl (C=O) groups is 1. The van der Waals surface area contributed by atoms with Crippen LogP contribution < -0.4 is 0 Å². The standard InChI is InChI=1S/C23H36O3.C7H10N2/c1-14(24)26-20-10-11-22(4)17-7-6-15-12-16(25)13-23(15,5)18(17)8-9-19(22)21(20,2)3;1-5-4-8-6(2)7(3)9-5/h15-16,19-20,25H,6-13H2,1-5H3;4H,1-3H3/t15?,16-,19?,20?,22?,23+;/m0./s1. The molecule has 0 radical (unpaired) electrons. The summed E-state index contributed by atoms with van der Waals surface area (Å²) in [6.45, 7) is 17.0. The van der Waals surface area contributed by atoms with E-state index in [1.165, 1.54) is 25.7 Å². The van der Waals surface area contributed by atoms with Crippen molar-refractivity contribution < 1.29 is 14.6 Å². The number of esters is 1. The van der Waals surface area contributed by atoms with E-state index in [0.29, 0.717) is 11.8 Å². The van der Waals surface area contributed by atoms with Crippen LogP contribution in [0.25, 0.3) is 0 Å². The smallest absolute Gasteiger partial charge is 0.302 e. The van der Waals surface area contributed by atoms with E-state index in [2.05, 4.69) is 37.7 Å². The lowest BCUT2D eigenvalue weighted by Crippen LogP contribution is -2.54. The minimum atomic E-state index is -0.143. The lowest BCUT2D eigenvalue weighted by Gasteiger charge is -2.60. The topological polar surface area (TPSA) is 72.3 Å². The summed E-state index contributed by atoms with van der Waals surface area (Å²) in [5, 5.41) is 10.3. The Kier molecular flexibility index (Phi) is 6.98. The summed E-state index contributed by atoms with van der Waals surface area (Å²) in [6, 6.07) is 0. The van der Waals surface area contributed by atoms with Crippen molar-refractivity contribution >= 4 is 5.97 Å². The summed E-state index contributed by atoms with van der Waals surface area (Å²) in [5.74, 6) is 1.09. The number of aryl methyl sites for hydroxylation is 3. The van der Waals surface area contributed by atoms with Crippen LogP contribution in [0.1, 0.15) is 103 Å². The highest BCUT2D eigenvalue weighted by atomic mass is 16.5. The zero-order chi connectivity index (χ0) is 25.8. The highest BCUT2D eigenvalue weighted by molar-refractivity contribution is 5.66. The molecule has 35 heavy (non-hydrogen) atoms. The van der Waals surface area contributed by atoms with Crippen molar-refractivity contribution in [3.63, 3.8) is 0 Å². The van der Waals surface area contributed by atoms with Gasteiger partial charge in [0.15, 0.2) is 0 Å². The molecule has 0 aliphatic heterocycles.